The second-order valence-corrected chi connectivity index (χ2v) is 13.5. The summed E-state index contributed by atoms with van der Waals surface area (Å²) >= 11 is 5.90. The minimum absolute atomic E-state index is 0.0401. The molecule has 1 saturated carbocycles. The van der Waals surface area contributed by atoms with Gasteiger partial charge in [0.15, 0.2) is 15.5 Å². The maximum Gasteiger partial charge on any atom is 0.272 e. The van der Waals surface area contributed by atoms with Crippen LogP contribution in [0, 0.1) is 0 Å². The molecule has 1 aromatic carbocycles. The molecule has 0 radical (unpaired) electrons. The number of sulfone groups is 1. The number of rotatable bonds is 9. The van der Waals surface area contributed by atoms with E-state index in [2.05, 4.69) is 10.4 Å². The molecule has 1 aromatic heterocycles. The second-order valence-electron chi connectivity index (χ2n) is 10.2. The second kappa shape index (κ2) is 9.44. The summed E-state index contributed by atoms with van der Waals surface area (Å²) in [6, 6.07) is 6.17. The van der Waals surface area contributed by atoms with Gasteiger partial charge in [0.25, 0.3) is 11.8 Å². The molecule has 10 nitrogen and oxygen atoms in total. The Labute approximate surface area is 215 Å². The van der Waals surface area contributed by atoms with Gasteiger partial charge < -0.3 is 21.1 Å². The van der Waals surface area contributed by atoms with Gasteiger partial charge in [-0.1, -0.05) is 23.7 Å². The molecule has 2 aliphatic rings. The van der Waals surface area contributed by atoms with Crippen LogP contribution in [0.5, 0.6) is 0 Å². The fourth-order valence-corrected chi connectivity index (χ4v) is 7.43. The molecule has 36 heavy (non-hydrogen) atoms. The number of amides is 2. The standard InChI is InChI=1S/C24H32ClN5O5S/c1-23(2,18(26)13-31)36(34,35)24(9-10-24)14-30-11-8-17-19(28-29(3)20(17)22(30)33)21(32)27-12-15-4-6-16(25)7-5-15/h4-7,18,31H,8-14,26H2,1-3H3,(H,27,32). The molecule has 196 valence electrons. The summed E-state index contributed by atoms with van der Waals surface area (Å²) in [4.78, 5) is 27.8. The number of hydrogen-bond donors (Lipinski definition) is 3. The van der Waals surface area contributed by atoms with Crippen LogP contribution in [0.15, 0.2) is 24.3 Å². The van der Waals surface area contributed by atoms with Gasteiger partial charge in [-0.25, -0.2) is 8.42 Å². The molecule has 4 N–H and O–H groups in total. The summed E-state index contributed by atoms with van der Waals surface area (Å²) in [6.07, 6.45) is 1.24. The lowest BCUT2D eigenvalue weighted by Crippen LogP contribution is -2.57. The zero-order chi connectivity index (χ0) is 26.5. The molecule has 4 rings (SSSR count). The van der Waals surface area contributed by atoms with Crippen molar-refractivity contribution in [3.05, 3.63) is 51.8 Å². The van der Waals surface area contributed by atoms with Crippen LogP contribution < -0.4 is 11.1 Å². The molecule has 12 heteroatoms. The number of benzene rings is 1. The number of carbonyl (C=O) groups excluding carboxylic acids is 2. The lowest BCUT2D eigenvalue weighted by atomic mass is 10.0. The Bertz CT molecular complexity index is 1280. The van der Waals surface area contributed by atoms with E-state index in [1.807, 2.05) is 12.1 Å². The summed E-state index contributed by atoms with van der Waals surface area (Å²) in [6.45, 7) is 3.20. The fraction of sp³-hybridized carbons (Fsp3) is 0.542. The predicted octanol–water partition coefficient (Wildman–Crippen LogP) is 1.05. The molecule has 2 aromatic rings. The van der Waals surface area contributed by atoms with Crippen LogP contribution in [0.25, 0.3) is 0 Å². The van der Waals surface area contributed by atoms with E-state index < -0.39 is 32.0 Å². The molecule has 2 amide bonds. The van der Waals surface area contributed by atoms with Gasteiger partial charge in [0.1, 0.15) is 5.69 Å². The quantitative estimate of drug-likeness (QED) is 0.433. The van der Waals surface area contributed by atoms with E-state index in [0.29, 0.717) is 29.8 Å². The van der Waals surface area contributed by atoms with E-state index in [9.17, 15) is 23.1 Å². The summed E-state index contributed by atoms with van der Waals surface area (Å²) in [5.74, 6) is -0.738. The minimum atomic E-state index is -3.77. The maximum atomic E-state index is 13.5. The van der Waals surface area contributed by atoms with Gasteiger partial charge in [-0.3, -0.25) is 14.3 Å². The monoisotopic (exact) mass is 537 g/mol. The van der Waals surface area contributed by atoms with Gasteiger partial charge in [-0.15, -0.1) is 0 Å². The number of aliphatic hydroxyl groups excluding tert-OH is 1. The fourth-order valence-electron chi connectivity index (χ4n) is 4.75. The summed E-state index contributed by atoms with van der Waals surface area (Å²) in [5.41, 5.74) is 7.85. The van der Waals surface area contributed by atoms with E-state index in [-0.39, 0.29) is 42.8 Å². The highest BCUT2D eigenvalue weighted by atomic mass is 35.5. The number of nitrogens with two attached hydrogens (primary N) is 1. The van der Waals surface area contributed by atoms with Crippen molar-refractivity contribution in [2.45, 2.75) is 55.2 Å². The summed E-state index contributed by atoms with van der Waals surface area (Å²) in [5, 5.41) is 17.2. The normalized spacial score (nSPS) is 18.1. The van der Waals surface area contributed by atoms with E-state index in [4.69, 9.17) is 17.3 Å². The summed E-state index contributed by atoms with van der Waals surface area (Å²) in [7, 11) is -2.17. The number of nitrogens with one attached hydrogen (secondary N) is 1. The SMILES string of the molecule is Cn1nc(C(=O)NCc2ccc(Cl)cc2)c2c1C(=O)N(CC1(S(=O)(=O)C(C)(C)C(N)CO)CC1)CC2. The molecule has 1 aliphatic heterocycles. The van der Waals surface area contributed by atoms with Crippen LogP contribution in [0.1, 0.15) is 58.8 Å². The smallest absolute Gasteiger partial charge is 0.272 e. The number of aryl methyl sites for hydroxylation is 1. The van der Waals surface area contributed by atoms with Gasteiger partial charge in [-0.2, -0.15) is 5.10 Å². The number of halogens is 1. The van der Waals surface area contributed by atoms with Crippen LogP contribution in [0.2, 0.25) is 5.02 Å². The molecule has 0 bridgehead atoms. The highest BCUT2D eigenvalue weighted by Gasteiger charge is 2.62. The van der Waals surface area contributed by atoms with Crippen molar-refractivity contribution in [3.8, 4) is 0 Å². The molecular weight excluding hydrogens is 506 g/mol. The lowest BCUT2D eigenvalue weighted by Gasteiger charge is -2.37. The summed E-state index contributed by atoms with van der Waals surface area (Å²) < 4.78 is 26.0. The highest BCUT2D eigenvalue weighted by molar-refractivity contribution is 7.94. The van der Waals surface area contributed by atoms with Gasteiger partial charge in [-0.05, 0) is 50.8 Å². The van der Waals surface area contributed by atoms with Gasteiger partial charge in [0.2, 0.25) is 0 Å². The first-order valence-electron chi connectivity index (χ1n) is 11.8. The van der Waals surface area contributed by atoms with Crippen LogP contribution in [-0.2, 0) is 29.9 Å². The number of hydrogen-bond acceptors (Lipinski definition) is 7. The van der Waals surface area contributed by atoms with Crippen molar-refractivity contribution in [1.29, 1.82) is 0 Å². The Morgan fingerprint density at radius 1 is 1.31 bits per heavy atom. The number of aromatic nitrogens is 2. The molecule has 0 saturated heterocycles. The molecule has 1 atom stereocenters. The molecule has 2 heterocycles. The zero-order valence-electron chi connectivity index (χ0n) is 20.6. The molecule has 1 unspecified atom stereocenters. The van der Waals surface area contributed by atoms with E-state index in [1.165, 1.54) is 23.4 Å². The van der Waals surface area contributed by atoms with E-state index in [1.54, 1.807) is 19.2 Å². The first kappa shape index (κ1) is 26.6. The lowest BCUT2D eigenvalue weighted by molar-refractivity contribution is 0.0724. The highest BCUT2D eigenvalue weighted by Crippen LogP contribution is 2.49. The predicted molar refractivity (Wildman–Crippen MR) is 135 cm³/mol. The largest absolute Gasteiger partial charge is 0.395 e. The third-order valence-corrected chi connectivity index (χ3v) is 11.1. The molecule has 1 fully saturated rings. The molecule has 1 aliphatic carbocycles. The zero-order valence-corrected chi connectivity index (χ0v) is 22.2. The molecular formula is C24H32ClN5O5S. The minimum Gasteiger partial charge on any atom is -0.395 e. The third-order valence-electron chi connectivity index (χ3n) is 7.49. The average Bonchev–Trinajstić information content (AvgIpc) is 3.56. The Hall–Kier alpha value is -2.47. The van der Waals surface area contributed by atoms with Gasteiger partial charge in [0.05, 0.1) is 16.1 Å². The number of nitrogens with zero attached hydrogens (tertiary/aromatic N) is 3. The van der Waals surface area contributed by atoms with Crippen molar-refractivity contribution in [1.82, 2.24) is 20.0 Å². The first-order chi connectivity index (χ1) is 16.8. The Morgan fingerprint density at radius 3 is 2.53 bits per heavy atom. The van der Waals surface area contributed by atoms with Gasteiger partial charge in [0, 0.05) is 43.3 Å². The van der Waals surface area contributed by atoms with Crippen LogP contribution in [0.4, 0.5) is 0 Å². The van der Waals surface area contributed by atoms with Crippen molar-refractivity contribution >= 4 is 33.3 Å². The van der Waals surface area contributed by atoms with Crippen molar-refractivity contribution in [2.75, 3.05) is 19.7 Å². The van der Waals surface area contributed by atoms with Crippen LogP contribution >= 0.6 is 11.6 Å². The maximum absolute atomic E-state index is 13.5. The average molecular weight is 538 g/mol. The van der Waals surface area contributed by atoms with Gasteiger partial charge >= 0.3 is 0 Å². The Kier molecular flexibility index (Phi) is 6.97. The Morgan fingerprint density at radius 2 is 1.94 bits per heavy atom. The first-order valence-corrected chi connectivity index (χ1v) is 13.7. The topological polar surface area (TPSA) is 148 Å². The Balaban J connectivity index is 1.51. The van der Waals surface area contributed by atoms with E-state index >= 15 is 0 Å². The number of fused-ring (bicyclic) bond motifs is 1. The van der Waals surface area contributed by atoms with Crippen LogP contribution in [0.3, 0.4) is 0 Å². The third kappa shape index (κ3) is 4.42. The van der Waals surface area contributed by atoms with Crippen molar-refractivity contribution in [3.63, 3.8) is 0 Å². The van der Waals surface area contributed by atoms with Crippen molar-refractivity contribution in [2.24, 2.45) is 12.8 Å². The molecule has 0 spiro atoms. The number of carbonyl (C=O) groups is 2. The van der Waals surface area contributed by atoms with Crippen LogP contribution in [-0.4, -0.2) is 75.3 Å². The number of aliphatic hydroxyl groups is 1. The van der Waals surface area contributed by atoms with Crippen molar-refractivity contribution < 1.29 is 23.1 Å². The van der Waals surface area contributed by atoms with E-state index in [0.717, 1.165) is 5.56 Å².